The fraction of sp³-hybridized carbons (Fsp3) is 0.0312. The van der Waals surface area contributed by atoms with Gasteiger partial charge in [-0.2, -0.15) is 4.58 Å². The van der Waals surface area contributed by atoms with Crippen LogP contribution in [0.3, 0.4) is 0 Å². The van der Waals surface area contributed by atoms with E-state index in [4.69, 9.17) is 4.74 Å². The van der Waals surface area contributed by atoms with Crippen LogP contribution in [0.25, 0.3) is 17.1 Å². The standard InChI is InChI=1S/C32H24NO/c1-4-12-24(13-5-1)22-33-23-29(28-18-10-11-19-30(28)33)27-20-31(25-14-6-2-7-15-25)34-32(21-27)26-16-8-3-9-17-26/h1-21,23H,22H2/q+1. The van der Waals surface area contributed by atoms with Crippen molar-refractivity contribution in [3.63, 3.8) is 0 Å². The van der Waals surface area contributed by atoms with Crippen LogP contribution in [0.2, 0.25) is 0 Å². The Morgan fingerprint density at radius 2 is 1.09 bits per heavy atom. The van der Waals surface area contributed by atoms with E-state index in [9.17, 15) is 0 Å². The summed E-state index contributed by atoms with van der Waals surface area (Å²) in [5.41, 5.74) is 8.23. The van der Waals surface area contributed by atoms with Crippen LogP contribution in [-0.4, -0.2) is 10.8 Å². The first-order chi connectivity index (χ1) is 16.8. The van der Waals surface area contributed by atoms with Crippen LogP contribution in [0.5, 0.6) is 0 Å². The van der Waals surface area contributed by atoms with Crippen LogP contribution >= 0.6 is 0 Å². The van der Waals surface area contributed by atoms with Crippen molar-refractivity contribution in [1.82, 2.24) is 0 Å². The van der Waals surface area contributed by atoms with Crippen LogP contribution in [0.1, 0.15) is 22.3 Å². The van der Waals surface area contributed by atoms with Gasteiger partial charge in [-0.15, -0.1) is 0 Å². The van der Waals surface area contributed by atoms with Crippen LogP contribution in [-0.2, 0) is 11.3 Å². The third kappa shape index (κ3) is 3.91. The van der Waals surface area contributed by atoms with Gasteiger partial charge in [-0.1, -0.05) is 103 Å². The number of nitrogens with zero attached hydrogens (tertiary/aromatic N) is 1. The zero-order chi connectivity index (χ0) is 22.7. The van der Waals surface area contributed by atoms with Gasteiger partial charge in [0.25, 0.3) is 0 Å². The third-order valence-electron chi connectivity index (χ3n) is 6.21. The summed E-state index contributed by atoms with van der Waals surface area (Å²) in [6, 6.07) is 39.9. The smallest absolute Gasteiger partial charge is 0.213 e. The fourth-order valence-corrected chi connectivity index (χ4v) is 4.53. The Bertz CT molecular complexity index is 1400. The molecule has 0 atom stereocenters. The molecule has 2 nitrogen and oxygen atoms in total. The molecule has 0 fully saturated rings. The van der Waals surface area contributed by atoms with E-state index in [2.05, 4.69) is 102 Å². The zero-order valence-corrected chi connectivity index (χ0v) is 18.8. The van der Waals surface area contributed by atoms with E-state index in [-0.39, 0.29) is 0 Å². The zero-order valence-electron chi connectivity index (χ0n) is 18.8. The maximum atomic E-state index is 6.42. The Kier molecular flexibility index (Phi) is 5.25. The number of rotatable bonds is 4. The Balaban J connectivity index is 1.52. The van der Waals surface area contributed by atoms with Crippen molar-refractivity contribution < 1.29 is 9.31 Å². The van der Waals surface area contributed by atoms with Gasteiger partial charge >= 0.3 is 0 Å². The lowest BCUT2D eigenvalue weighted by molar-refractivity contribution is -0.449. The van der Waals surface area contributed by atoms with Gasteiger partial charge in [0, 0.05) is 22.8 Å². The second-order valence-corrected chi connectivity index (χ2v) is 8.48. The highest BCUT2D eigenvalue weighted by Gasteiger charge is 2.29. The molecule has 2 heterocycles. The Hall–Kier alpha value is -4.43. The molecule has 4 aromatic rings. The van der Waals surface area contributed by atoms with E-state index in [1.165, 1.54) is 22.4 Å². The molecule has 0 unspecified atom stereocenters. The van der Waals surface area contributed by atoms with Crippen molar-refractivity contribution in [2.75, 3.05) is 0 Å². The maximum absolute atomic E-state index is 6.42. The first-order valence-corrected chi connectivity index (χ1v) is 11.6. The second kappa shape index (κ2) is 8.84. The quantitative estimate of drug-likeness (QED) is 0.301. The normalized spacial score (nSPS) is 14.6. The van der Waals surface area contributed by atoms with Crippen LogP contribution in [0.15, 0.2) is 133 Å². The van der Waals surface area contributed by atoms with Gasteiger partial charge < -0.3 is 4.74 Å². The highest BCUT2D eigenvalue weighted by atomic mass is 16.5. The number of hydrogen-bond acceptors (Lipinski definition) is 1. The lowest BCUT2D eigenvalue weighted by Crippen LogP contribution is -2.03. The molecule has 4 aromatic carbocycles. The molecule has 6 rings (SSSR count). The van der Waals surface area contributed by atoms with Crippen molar-refractivity contribution >= 4 is 29.0 Å². The number of benzene rings is 4. The van der Waals surface area contributed by atoms with Gasteiger partial charge in [-0.3, -0.25) is 0 Å². The summed E-state index contributed by atoms with van der Waals surface area (Å²) in [4.78, 5) is 0. The molecule has 0 saturated carbocycles. The van der Waals surface area contributed by atoms with Crippen molar-refractivity contribution in [2.24, 2.45) is 0 Å². The molecular weight excluding hydrogens is 414 g/mol. The van der Waals surface area contributed by atoms with E-state index >= 15 is 0 Å². The van der Waals surface area contributed by atoms with Crippen LogP contribution in [0, 0.1) is 0 Å². The number of ether oxygens (including phenoxy) is 1. The predicted octanol–water partition coefficient (Wildman–Crippen LogP) is 7.48. The summed E-state index contributed by atoms with van der Waals surface area (Å²) in [7, 11) is 0. The molecule has 162 valence electrons. The summed E-state index contributed by atoms with van der Waals surface area (Å²) in [6.07, 6.45) is 6.60. The molecule has 2 aliphatic rings. The van der Waals surface area contributed by atoms with Crippen LogP contribution in [0.4, 0.5) is 5.69 Å². The predicted molar refractivity (Wildman–Crippen MR) is 139 cm³/mol. The van der Waals surface area contributed by atoms with Gasteiger partial charge in [0.1, 0.15) is 11.5 Å². The van der Waals surface area contributed by atoms with Crippen LogP contribution < -0.4 is 0 Å². The number of fused-ring (bicyclic) bond motifs is 1. The van der Waals surface area contributed by atoms with Gasteiger partial charge in [0.15, 0.2) is 12.8 Å². The van der Waals surface area contributed by atoms with E-state index in [1.807, 2.05) is 36.4 Å². The van der Waals surface area contributed by atoms with Crippen molar-refractivity contribution in [3.8, 4) is 0 Å². The molecule has 34 heavy (non-hydrogen) atoms. The summed E-state index contributed by atoms with van der Waals surface area (Å²) < 4.78 is 8.76. The highest BCUT2D eigenvalue weighted by Crippen LogP contribution is 2.39. The summed E-state index contributed by atoms with van der Waals surface area (Å²) in [6.45, 7) is 0.829. The minimum absolute atomic E-state index is 0.829. The molecular formula is C32H24NO+. The minimum atomic E-state index is 0.829. The van der Waals surface area contributed by atoms with Crippen molar-refractivity contribution in [2.45, 2.75) is 6.54 Å². The Morgan fingerprint density at radius 1 is 0.559 bits per heavy atom. The average Bonchev–Trinajstić information content (AvgIpc) is 3.28. The topological polar surface area (TPSA) is 12.2 Å². The van der Waals surface area contributed by atoms with Crippen molar-refractivity contribution in [3.05, 3.63) is 155 Å². The Morgan fingerprint density at radius 3 is 1.71 bits per heavy atom. The molecule has 0 aliphatic carbocycles. The highest BCUT2D eigenvalue weighted by molar-refractivity contribution is 6.15. The SMILES string of the molecule is C1=C(c2ccccc2)OC(c2ccccc2)=CC1=C1C=[N+](Cc2ccccc2)c2ccccc21. The Labute approximate surface area is 200 Å². The number of para-hydroxylation sites is 1. The fourth-order valence-electron chi connectivity index (χ4n) is 4.53. The molecule has 0 saturated heterocycles. The second-order valence-electron chi connectivity index (χ2n) is 8.48. The molecule has 0 spiro atoms. The maximum Gasteiger partial charge on any atom is 0.213 e. The van der Waals surface area contributed by atoms with E-state index < -0.39 is 0 Å². The number of hydrogen-bond donors (Lipinski definition) is 0. The number of allylic oxidation sites excluding steroid dienone is 4. The summed E-state index contributed by atoms with van der Waals surface area (Å²) in [5.74, 6) is 1.72. The van der Waals surface area contributed by atoms with Gasteiger partial charge in [0.2, 0.25) is 5.69 Å². The molecule has 2 aliphatic heterocycles. The molecule has 0 aromatic heterocycles. The lowest BCUT2D eigenvalue weighted by Gasteiger charge is -2.19. The first kappa shape index (κ1) is 20.2. The first-order valence-electron chi connectivity index (χ1n) is 11.6. The molecule has 0 radical (unpaired) electrons. The van der Waals surface area contributed by atoms with E-state index in [0.717, 1.165) is 34.8 Å². The average molecular weight is 439 g/mol. The van der Waals surface area contributed by atoms with E-state index in [1.54, 1.807) is 0 Å². The molecule has 2 heteroatoms. The van der Waals surface area contributed by atoms with Gasteiger partial charge in [-0.25, -0.2) is 0 Å². The largest absolute Gasteiger partial charge is 0.456 e. The van der Waals surface area contributed by atoms with E-state index in [0.29, 0.717) is 0 Å². The van der Waals surface area contributed by atoms with Gasteiger partial charge in [0.05, 0.1) is 11.1 Å². The van der Waals surface area contributed by atoms with Crippen molar-refractivity contribution in [1.29, 1.82) is 0 Å². The lowest BCUT2D eigenvalue weighted by atomic mass is 9.97. The molecule has 0 amide bonds. The monoisotopic (exact) mass is 438 g/mol. The minimum Gasteiger partial charge on any atom is -0.456 e. The summed E-state index contributed by atoms with van der Waals surface area (Å²) >= 11 is 0. The van der Waals surface area contributed by atoms with Gasteiger partial charge in [-0.05, 0) is 23.8 Å². The molecule has 0 N–H and O–H groups in total. The molecule has 0 bridgehead atoms. The third-order valence-corrected chi connectivity index (χ3v) is 6.21. The summed E-state index contributed by atoms with van der Waals surface area (Å²) in [5, 5.41) is 0.